The van der Waals surface area contributed by atoms with Gasteiger partial charge in [0.2, 0.25) is 0 Å². The van der Waals surface area contributed by atoms with Crippen molar-refractivity contribution < 1.29 is 4.79 Å². The minimum Gasteiger partial charge on any atom is -0.336 e. The number of benzene rings is 1. The fraction of sp³-hybridized carbons (Fsp3) is 0.421. The standard InChI is InChI=1S/C19H25N5O/c1-4-5-11-23(18-15(2)22(3)14-21-18)19(25)24-13-20-12-17(24)16-9-7-6-8-10-16/h6-10,13-14,17H,4-5,11-12H2,1-3H3. The number of nitrogens with zero attached hydrogens (tertiary/aromatic N) is 5. The molecule has 25 heavy (non-hydrogen) atoms. The number of anilines is 1. The lowest BCUT2D eigenvalue weighted by Crippen LogP contribution is -2.44. The quantitative estimate of drug-likeness (QED) is 0.836. The number of hydrogen-bond acceptors (Lipinski definition) is 3. The van der Waals surface area contributed by atoms with E-state index in [-0.39, 0.29) is 12.1 Å². The highest BCUT2D eigenvalue weighted by Crippen LogP contribution is 2.27. The maximum Gasteiger partial charge on any atom is 0.331 e. The molecule has 6 nitrogen and oxygen atoms in total. The number of carbonyl (C=O) groups excluding carboxylic acids is 1. The number of urea groups is 1. The summed E-state index contributed by atoms with van der Waals surface area (Å²) in [5.74, 6) is 0.730. The van der Waals surface area contributed by atoms with Gasteiger partial charge in [0.25, 0.3) is 0 Å². The first-order chi connectivity index (χ1) is 12.1. The van der Waals surface area contributed by atoms with E-state index in [0.29, 0.717) is 13.1 Å². The van der Waals surface area contributed by atoms with E-state index in [1.165, 1.54) is 0 Å². The highest BCUT2D eigenvalue weighted by atomic mass is 16.2. The van der Waals surface area contributed by atoms with Crippen LogP contribution in [0.5, 0.6) is 0 Å². The Labute approximate surface area is 148 Å². The Kier molecular flexibility index (Phi) is 5.16. The predicted molar refractivity (Wildman–Crippen MR) is 100.0 cm³/mol. The topological polar surface area (TPSA) is 53.7 Å². The number of aromatic nitrogens is 2. The van der Waals surface area contributed by atoms with E-state index in [4.69, 9.17) is 0 Å². The van der Waals surface area contributed by atoms with Gasteiger partial charge in [-0.2, -0.15) is 0 Å². The summed E-state index contributed by atoms with van der Waals surface area (Å²) in [6.07, 6.45) is 5.37. The molecule has 0 fully saturated rings. The van der Waals surface area contributed by atoms with Crippen molar-refractivity contribution in [3.63, 3.8) is 0 Å². The Morgan fingerprint density at radius 2 is 2.08 bits per heavy atom. The maximum atomic E-state index is 13.3. The first-order valence-electron chi connectivity index (χ1n) is 8.76. The second-order valence-electron chi connectivity index (χ2n) is 6.37. The number of rotatable bonds is 5. The van der Waals surface area contributed by atoms with Crippen LogP contribution in [0.1, 0.15) is 37.1 Å². The number of imidazole rings is 1. The Bertz CT molecular complexity index is 752. The molecule has 2 heterocycles. The summed E-state index contributed by atoms with van der Waals surface area (Å²) >= 11 is 0. The van der Waals surface area contributed by atoms with Crippen LogP contribution in [0.2, 0.25) is 0 Å². The Morgan fingerprint density at radius 3 is 2.72 bits per heavy atom. The minimum atomic E-state index is -0.0645. The molecule has 0 N–H and O–H groups in total. The Hall–Kier alpha value is -2.63. The highest BCUT2D eigenvalue weighted by Gasteiger charge is 2.32. The van der Waals surface area contributed by atoms with Crippen LogP contribution in [0.3, 0.4) is 0 Å². The van der Waals surface area contributed by atoms with Crippen molar-refractivity contribution in [2.75, 3.05) is 18.0 Å². The van der Waals surface area contributed by atoms with Gasteiger partial charge in [-0.25, -0.2) is 9.78 Å². The second-order valence-corrected chi connectivity index (χ2v) is 6.37. The summed E-state index contributed by atoms with van der Waals surface area (Å²) in [5.41, 5.74) is 2.08. The third kappa shape index (κ3) is 3.43. The molecule has 1 aromatic heterocycles. The predicted octanol–water partition coefficient (Wildman–Crippen LogP) is 3.54. The van der Waals surface area contributed by atoms with E-state index >= 15 is 0 Å². The number of unbranched alkanes of at least 4 members (excludes halogenated alkanes) is 1. The van der Waals surface area contributed by atoms with Crippen LogP contribution >= 0.6 is 0 Å². The molecule has 1 atom stereocenters. The molecule has 1 aliphatic rings. The number of amides is 2. The Morgan fingerprint density at radius 1 is 1.32 bits per heavy atom. The van der Waals surface area contributed by atoms with Gasteiger partial charge in [-0.05, 0) is 18.9 Å². The van der Waals surface area contributed by atoms with E-state index in [1.807, 2.05) is 48.9 Å². The SMILES string of the molecule is CCCCN(C(=O)N1C=NCC1c1ccccc1)c1ncn(C)c1C. The first kappa shape index (κ1) is 17.2. The summed E-state index contributed by atoms with van der Waals surface area (Å²) in [5, 5.41) is 0. The lowest BCUT2D eigenvalue weighted by molar-refractivity contribution is 0.220. The highest BCUT2D eigenvalue weighted by molar-refractivity contribution is 5.99. The lowest BCUT2D eigenvalue weighted by atomic mass is 10.1. The minimum absolute atomic E-state index is 0.0538. The zero-order valence-electron chi connectivity index (χ0n) is 15.1. The van der Waals surface area contributed by atoms with Gasteiger partial charge in [0.1, 0.15) is 0 Å². The van der Waals surface area contributed by atoms with Gasteiger partial charge in [-0.15, -0.1) is 0 Å². The van der Waals surface area contributed by atoms with E-state index in [9.17, 15) is 4.79 Å². The molecule has 6 heteroatoms. The van der Waals surface area contributed by atoms with E-state index in [0.717, 1.165) is 29.9 Å². The van der Waals surface area contributed by atoms with E-state index in [2.05, 4.69) is 16.9 Å². The monoisotopic (exact) mass is 339 g/mol. The van der Waals surface area contributed by atoms with Crippen molar-refractivity contribution >= 4 is 18.2 Å². The maximum absolute atomic E-state index is 13.3. The van der Waals surface area contributed by atoms with Gasteiger partial charge >= 0.3 is 6.03 Å². The average molecular weight is 339 g/mol. The molecule has 0 radical (unpaired) electrons. The van der Waals surface area contributed by atoms with Crippen molar-refractivity contribution in [2.24, 2.45) is 12.0 Å². The summed E-state index contributed by atoms with van der Waals surface area (Å²) in [6, 6.07) is 9.94. The second kappa shape index (κ2) is 7.51. The molecular weight excluding hydrogens is 314 g/mol. The van der Waals surface area contributed by atoms with Gasteiger partial charge in [0, 0.05) is 13.6 Å². The largest absolute Gasteiger partial charge is 0.336 e. The fourth-order valence-corrected chi connectivity index (χ4v) is 3.02. The van der Waals surface area contributed by atoms with Gasteiger partial charge in [0.15, 0.2) is 5.82 Å². The van der Waals surface area contributed by atoms with Gasteiger partial charge in [0.05, 0.1) is 30.9 Å². The number of carbonyl (C=O) groups is 1. The molecule has 0 bridgehead atoms. The van der Waals surface area contributed by atoms with Crippen molar-refractivity contribution in [3.05, 3.63) is 47.9 Å². The third-order valence-corrected chi connectivity index (χ3v) is 4.65. The van der Waals surface area contributed by atoms with Crippen LogP contribution in [0.15, 0.2) is 41.7 Å². The van der Waals surface area contributed by atoms with Gasteiger partial charge in [-0.1, -0.05) is 43.7 Å². The third-order valence-electron chi connectivity index (χ3n) is 4.65. The zero-order valence-corrected chi connectivity index (χ0v) is 15.1. The normalized spacial score (nSPS) is 16.4. The van der Waals surface area contributed by atoms with Crippen LogP contribution in [0, 0.1) is 6.92 Å². The lowest BCUT2D eigenvalue weighted by Gasteiger charge is -2.29. The molecule has 0 saturated heterocycles. The molecule has 0 aliphatic carbocycles. The van der Waals surface area contributed by atoms with Crippen LogP contribution in [0.4, 0.5) is 10.6 Å². The number of hydrogen-bond donors (Lipinski definition) is 0. The first-order valence-corrected chi connectivity index (χ1v) is 8.76. The molecule has 1 unspecified atom stereocenters. The van der Waals surface area contributed by atoms with E-state index in [1.54, 1.807) is 22.5 Å². The van der Waals surface area contributed by atoms with Crippen LogP contribution in [-0.2, 0) is 7.05 Å². The van der Waals surface area contributed by atoms with Crippen molar-refractivity contribution in [2.45, 2.75) is 32.7 Å². The molecule has 132 valence electrons. The van der Waals surface area contributed by atoms with Crippen molar-refractivity contribution in [1.29, 1.82) is 0 Å². The summed E-state index contributed by atoms with van der Waals surface area (Å²) in [7, 11) is 1.94. The van der Waals surface area contributed by atoms with Crippen LogP contribution in [-0.4, -0.2) is 39.9 Å². The zero-order chi connectivity index (χ0) is 17.8. The van der Waals surface area contributed by atoms with Crippen LogP contribution in [0.25, 0.3) is 0 Å². The van der Waals surface area contributed by atoms with Crippen molar-refractivity contribution in [3.8, 4) is 0 Å². The summed E-state index contributed by atoms with van der Waals surface area (Å²) in [4.78, 5) is 25.6. The summed E-state index contributed by atoms with van der Waals surface area (Å²) in [6.45, 7) is 5.36. The Balaban J connectivity index is 1.88. The van der Waals surface area contributed by atoms with Gasteiger partial charge < -0.3 is 4.57 Å². The smallest absolute Gasteiger partial charge is 0.331 e. The van der Waals surface area contributed by atoms with E-state index < -0.39 is 0 Å². The fourth-order valence-electron chi connectivity index (χ4n) is 3.02. The average Bonchev–Trinajstić information content (AvgIpc) is 3.25. The molecule has 1 aromatic carbocycles. The molecule has 3 rings (SSSR count). The number of aliphatic imine (C=N–C) groups is 1. The molecule has 0 spiro atoms. The van der Waals surface area contributed by atoms with Crippen LogP contribution < -0.4 is 4.90 Å². The molecule has 2 amide bonds. The molecule has 1 aliphatic heterocycles. The summed E-state index contributed by atoms with van der Waals surface area (Å²) < 4.78 is 1.94. The molecule has 2 aromatic rings. The molecular formula is C19H25N5O. The molecule has 0 saturated carbocycles. The van der Waals surface area contributed by atoms with Crippen molar-refractivity contribution in [1.82, 2.24) is 14.5 Å². The number of aryl methyl sites for hydroxylation is 1. The van der Waals surface area contributed by atoms with Gasteiger partial charge in [-0.3, -0.25) is 14.8 Å².